The molecule has 17 heavy (non-hydrogen) atoms. The lowest BCUT2D eigenvalue weighted by Gasteiger charge is -2.08. The third-order valence-electron chi connectivity index (χ3n) is 1.98. The van der Waals surface area contributed by atoms with Crippen LogP contribution in [0.15, 0.2) is 23.2 Å². The highest BCUT2D eigenvalue weighted by Gasteiger charge is 2.12. The van der Waals surface area contributed by atoms with Crippen molar-refractivity contribution in [2.45, 2.75) is 0 Å². The van der Waals surface area contributed by atoms with Gasteiger partial charge in [-0.3, -0.25) is 10.3 Å². The third-order valence-corrected chi connectivity index (χ3v) is 3.44. The standard InChI is InChI=1S/C10H9Cl2N3OS/c11-6-1-2-7(12)8(5-6)14-9(16)15-10-13-3-4-17-10/h1-2,5H,3-4H2,(H2,13,14,15,16). The summed E-state index contributed by atoms with van der Waals surface area (Å²) in [5, 5.41) is 6.83. The van der Waals surface area contributed by atoms with Gasteiger partial charge in [0.2, 0.25) is 0 Å². The molecule has 0 aromatic heterocycles. The molecule has 0 saturated carbocycles. The van der Waals surface area contributed by atoms with E-state index in [2.05, 4.69) is 15.6 Å². The van der Waals surface area contributed by atoms with Gasteiger partial charge in [-0.05, 0) is 18.2 Å². The number of nitrogens with one attached hydrogen (secondary N) is 2. The van der Waals surface area contributed by atoms with Gasteiger partial charge in [0.1, 0.15) is 0 Å². The van der Waals surface area contributed by atoms with Crippen LogP contribution in [0.5, 0.6) is 0 Å². The Balaban J connectivity index is 2.00. The number of carbonyl (C=O) groups excluding carboxylic acids is 1. The topological polar surface area (TPSA) is 53.5 Å². The molecule has 1 heterocycles. The normalized spacial score (nSPS) is 14.4. The van der Waals surface area contributed by atoms with E-state index in [1.165, 1.54) is 11.8 Å². The Morgan fingerprint density at radius 1 is 1.35 bits per heavy atom. The predicted octanol–water partition coefficient (Wildman–Crippen LogP) is 3.22. The molecule has 2 rings (SSSR count). The van der Waals surface area contributed by atoms with Crippen LogP contribution in [0.2, 0.25) is 10.0 Å². The van der Waals surface area contributed by atoms with Crippen molar-refractivity contribution in [3.63, 3.8) is 0 Å². The van der Waals surface area contributed by atoms with E-state index in [-0.39, 0.29) is 6.03 Å². The molecular weight excluding hydrogens is 281 g/mol. The van der Waals surface area contributed by atoms with Crippen LogP contribution in [0, 0.1) is 0 Å². The summed E-state index contributed by atoms with van der Waals surface area (Å²) >= 11 is 13.2. The highest BCUT2D eigenvalue weighted by Crippen LogP contribution is 2.25. The number of urea groups is 1. The molecule has 90 valence electrons. The largest absolute Gasteiger partial charge is 0.325 e. The fourth-order valence-corrected chi connectivity index (χ4v) is 2.31. The van der Waals surface area contributed by atoms with Crippen LogP contribution >= 0.6 is 35.0 Å². The Labute approximate surface area is 113 Å². The van der Waals surface area contributed by atoms with Crippen LogP contribution in [0.4, 0.5) is 10.5 Å². The summed E-state index contributed by atoms with van der Waals surface area (Å²) in [7, 11) is 0. The summed E-state index contributed by atoms with van der Waals surface area (Å²) in [4.78, 5) is 15.7. The van der Waals surface area contributed by atoms with Gasteiger partial charge in [-0.1, -0.05) is 35.0 Å². The first-order valence-corrected chi connectivity index (χ1v) is 6.59. The lowest BCUT2D eigenvalue weighted by atomic mass is 10.3. The Hall–Kier alpha value is -0.910. The molecular formula is C10H9Cl2N3OS. The molecule has 1 aliphatic rings. The van der Waals surface area contributed by atoms with E-state index >= 15 is 0 Å². The highest BCUT2D eigenvalue weighted by molar-refractivity contribution is 8.14. The number of hydrogen-bond donors (Lipinski definition) is 2. The minimum absolute atomic E-state index is 0.373. The third kappa shape index (κ3) is 3.52. The van der Waals surface area contributed by atoms with E-state index in [0.717, 1.165) is 12.3 Å². The van der Waals surface area contributed by atoms with Crippen molar-refractivity contribution < 1.29 is 4.79 Å². The average molecular weight is 290 g/mol. The van der Waals surface area contributed by atoms with Crippen molar-refractivity contribution >= 4 is 51.8 Å². The summed E-state index contributed by atoms with van der Waals surface area (Å²) in [6, 6.07) is 4.50. The summed E-state index contributed by atoms with van der Waals surface area (Å²) in [6.07, 6.45) is 0. The monoisotopic (exact) mass is 289 g/mol. The van der Waals surface area contributed by atoms with Crippen molar-refractivity contribution in [3.05, 3.63) is 28.2 Å². The van der Waals surface area contributed by atoms with E-state index in [1.54, 1.807) is 18.2 Å². The summed E-state index contributed by atoms with van der Waals surface area (Å²) in [5.41, 5.74) is 0.472. The fraction of sp³-hybridized carbons (Fsp3) is 0.200. The van der Waals surface area contributed by atoms with Gasteiger partial charge in [0.25, 0.3) is 0 Å². The zero-order valence-corrected chi connectivity index (χ0v) is 11.0. The van der Waals surface area contributed by atoms with E-state index in [4.69, 9.17) is 23.2 Å². The minimum atomic E-state index is -0.373. The lowest BCUT2D eigenvalue weighted by Crippen LogP contribution is -2.32. The summed E-state index contributed by atoms with van der Waals surface area (Å²) in [6.45, 7) is 0.734. The Bertz CT molecular complexity index is 479. The van der Waals surface area contributed by atoms with Crippen LogP contribution in [0.3, 0.4) is 0 Å². The molecule has 0 unspecified atom stereocenters. The number of anilines is 1. The molecule has 2 amide bonds. The summed E-state index contributed by atoms with van der Waals surface area (Å²) < 4.78 is 0. The van der Waals surface area contributed by atoms with Crippen LogP contribution in [-0.2, 0) is 0 Å². The number of carbonyl (C=O) groups is 1. The van der Waals surface area contributed by atoms with E-state index in [1.807, 2.05) is 0 Å². The first kappa shape index (κ1) is 12.5. The maximum Gasteiger partial charge on any atom is 0.325 e. The van der Waals surface area contributed by atoms with Gasteiger partial charge < -0.3 is 5.32 Å². The quantitative estimate of drug-likeness (QED) is 0.834. The minimum Gasteiger partial charge on any atom is -0.306 e. The Kier molecular flexibility index (Phi) is 4.15. The van der Waals surface area contributed by atoms with Gasteiger partial charge in [0.05, 0.1) is 17.3 Å². The van der Waals surface area contributed by atoms with Crippen molar-refractivity contribution in [3.8, 4) is 0 Å². The number of rotatable bonds is 1. The smallest absolute Gasteiger partial charge is 0.306 e. The molecule has 0 aliphatic carbocycles. The van der Waals surface area contributed by atoms with Crippen molar-refractivity contribution in [1.29, 1.82) is 0 Å². The molecule has 1 aromatic carbocycles. The number of thioether (sulfide) groups is 1. The van der Waals surface area contributed by atoms with Crippen LogP contribution < -0.4 is 10.6 Å². The number of hydrogen-bond acceptors (Lipinski definition) is 3. The maximum absolute atomic E-state index is 11.6. The first-order chi connectivity index (χ1) is 8.15. The first-order valence-electron chi connectivity index (χ1n) is 4.85. The van der Waals surface area contributed by atoms with E-state index < -0.39 is 0 Å². The average Bonchev–Trinajstić information content (AvgIpc) is 2.76. The Morgan fingerprint density at radius 2 is 2.18 bits per heavy atom. The second kappa shape index (κ2) is 5.62. The predicted molar refractivity (Wildman–Crippen MR) is 73.4 cm³/mol. The molecule has 1 aliphatic heterocycles. The molecule has 7 heteroatoms. The Morgan fingerprint density at radius 3 is 2.88 bits per heavy atom. The molecule has 1 aromatic rings. The van der Waals surface area contributed by atoms with Gasteiger partial charge in [0.15, 0.2) is 5.17 Å². The summed E-state index contributed by atoms with van der Waals surface area (Å²) in [5.74, 6) is 0.896. The molecule has 2 N–H and O–H groups in total. The SMILES string of the molecule is O=C(NC1=NCCS1)Nc1cc(Cl)ccc1Cl. The van der Waals surface area contributed by atoms with Crippen LogP contribution in [0.1, 0.15) is 0 Å². The van der Waals surface area contributed by atoms with Gasteiger partial charge in [-0.15, -0.1) is 0 Å². The van der Waals surface area contributed by atoms with Gasteiger partial charge >= 0.3 is 6.03 Å². The molecule has 0 saturated heterocycles. The van der Waals surface area contributed by atoms with Gasteiger partial charge in [-0.25, -0.2) is 4.79 Å². The molecule has 0 spiro atoms. The zero-order chi connectivity index (χ0) is 12.3. The second-order valence-corrected chi connectivity index (χ2v) is 5.17. The van der Waals surface area contributed by atoms with E-state index in [9.17, 15) is 4.79 Å². The van der Waals surface area contributed by atoms with Gasteiger partial charge in [0, 0.05) is 10.8 Å². The second-order valence-electron chi connectivity index (χ2n) is 3.24. The van der Waals surface area contributed by atoms with Crippen molar-refractivity contribution in [2.24, 2.45) is 4.99 Å². The van der Waals surface area contributed by atoms with Gasteiger partial charge in [-0.2, -0.15) is 0 Å². The number of amidine groups is 1. The zero-order valence-electron chi connectivity index (χ0n) is 8.67. The molecule has 4 nitrogen and oxygen atoms in total. The van der Waals surface area contributed by atoms with Crippen LogP contribution in [0.25, 0.3) is 0 Å². The van der Waals surface area contributed by atoms with Crippen LogP contribution in [-0.4, -0.2) is 23.5 Å². The maximum atomic E-state index is 11.6. The van der Waals surface area contributed by atoms with E-state index in [0.29, 0.717) is 20.9 Å². The lowest BCUT2D eigenvalue weighted by molar-refractivity contribution is 0.256. The molecule has 0 bridgehead atoms. The number of benzene rings is 1. The van der Waals surface area contributed by atoms with Crippen molar-refractivity contribution in [2.75, 3.05) is 17.6 Å². The number of amides is 2. The number of halogens is 2. The number of nitrogens with zero attached hydrogens (tertiary/aromatic N) is 1. The molecule has 0 atom stereocenters. The molecule has 0 radical (unpaired) electrons. The fourth-order valence-electron chi connectivity index (χ4n) is 1.25. The number of aliphatic imine (C=N–C) groups is 1. The highest BCUT2D eigenvalue weighted by atomic mass is 35.5. The van der Waals surface area contributed by atoms with Crippen molar-refractivity contribution in [1.82, 2.24) is 5.32 Å². The molecule has 0 fully saturated rings.